The van der Waals surface area contributed by atoms with E-state index in [9.17, 15) is 4.79 Å². The van der Waals surface area contributed by atoms with Gasteiger partial charge in [0, 0.05) is 19.3 Å². The van der Waals surface area contributed by atoms with Gasteiger partial charge in [0.05, 0.1) is 5.92 Å². The predicted molar refractivity (Wildman–Crippen MR) is 55.8 cm³/mol. The lowest BCUT2D eigenvalue weighted by molar-refractivity contribution is -0.127. The molecule has 1 amide bonds. The van der Waals surface area contributed by atoms with E-state index in [-0.39, 0.29) is 11.8 Å². The topological polar surface area (TPSA) is 46.3 Å². The summed E-state index contributed by atoms with van der Waals surface area (Å²) >= 11 is 0. The summed E-state index contributed by atoms with van der Waals surface area (Å²) in [6.07, 6.45) is 0.916. The van der Waals surface area contributed by atoms with E-state index in [0.717, 1.165) is 24.2 Å². The minimum absolute atomic E-state index is 0.0422. The lowest BCUT2D eigenvalue weighted by atomic mass is 9.98. The smallest absolute Gasteiger partial charge is 0.229 e. The quantitative estimate of drug-likeness (QED) is 0.677. The van der Waals surface area contributed by atoms with Gasteiger partial charge >= 0.3 is 0 Å². The van der Waals surface area contributed by atoms with E-state index in [1.807, 2.05) is 31.3 Å². The standard InChI is InChI=1S/C11H14N2O/c1-13-7-6-10(11(13)14)8-2-4-9(12)5-3-8/h2-5,10H,6-7,12H2,1H3. The van der Waals surface area contributed by atoms with Gasteiger partial charge in [0.2, 0.25) is 5.91 Å². The highest BCUT2D eigenvalue weighted by Crippen LogP contribution is 2.27. The van der Waals surface area contributed by atoms with E-state index >= 15 is 0 Å². The van der Waals surface area contributed by atoms with Gasteiger partial charge in [0.15, 0.2) is 0 Å². The average Bonchev–Trinajstić information content (AvgIpc) is 2.50. The first kappa shape index (κ1) is 9.06. The first-order valence-corrected chi connectivity index (χ1v) is 4.79. The van der Waals surface area contributed by atoms with E-state index in [1.165, 1.54) is 0 Å². The third-order valence-corrected chi connectivity index (χ3v) is 2.77. The largest absolute Gasteiger partial charge is 0.399 e. The number of amides is 1. The fourth-order valence-corrected chi connectivity index (χ4v) is 1.86. The van der Waals surface area contributed by atoms with E-state index < -0.39 is 0 Å². The SMILES string of the molecule is CN1CCC(c2ccc(N)cc2)C1=O. The summed E-state index contributed by atoms with van der Waals surface area (Å²) < 4.78 is 0. The molecule has 0 bridgehead atoms. The highest BCUT2D eigenvalue weighted by molar-refractivity contribution is 5.85. The number of benzene rings is 1. The van der Waals surface area contributed by atoms with Crippen molar-refractivity contribution in [2.75, 3.05) is 19.3 Å². The number of rotatable bonds is 1. The molecule has 0 aromatic heterocycles. The Morgan fingerprint density at radius 2 is 2.00 bits per heavy atom. The minimum Gasteiger partial charge on any atom is -0.399 e. The zero-order valence-electron chi connectivity index (χ0n) is 8.23. The number of nitrogens with two attached hydrogens (primary N) is 1. The van der Waals surface area contributed by atoms with Crippen molar-refractivity contribution in [1.29, 1.82) is 0 Å². The molecule has 1 aliphatic heterocycles. The van der Waals surface area contributed by atoms with Gasteiger partial charge in [-0.1, -0.05) is 12.1 Å². The summed E-state index contributed by atoms with van der Waals surface area (Å²) in [5.74, 6) is 0.260. The first-order valence-electron chi connectivity index (χ1n) is 4.79. The molecule has 1 heterocycles. The van der Waals surface area contributed by atoms with Gasteiger partial charge in [-0.2, -0.15) is 0 Å². The van der Waals surface area contributed by atoms with Gasteiger partial charge in [0.1, 0.15) is 0 Å². The second-order valence-electron chi connectivity index (χ2n) is 3.77. The monoisotopic (exact) mass is 190 g/mol. The van der Waals surface area contributed by atoms with Crippen LogP contribution in [0.2, 0.25) is 0 Å². The molecule has 0 aliphatic carbocycles. The molecule has 0 radical (unpaired) electrons. The summed E-state index contributed by atoms with van der Waals surface area (Å²) in [5.41, 5.74) is 7.41. The Morgan fingerprint density at radius 1 is 1.36 bits per heavy atom. The Bertz CT molecular complexity index is 345. The molecule has 0 spiro atoms. The van der Waals surface area contributed by atoms with Crippen molar-refractivity contribution < 1.29 is 4.79 Å². The highest BCUT2D eigenvalue weighted by atomic mass is 16.2. The molecular formula is C11H14N2O. The zero-order chi connectivity index (χ0) is 10.1. The Hall–Kier alpha value is -1.51. The third kappa shape index (κ3) is 1.45. The van der Waals surface area contributed by atoms with E-state index in [1.54, 1.807) is 4.90 Å². The van der Waals surface area contributed by atoms with Crippen LogP contribution in [0.15, 0.2) is 24.3 Å². The van der Waals surface area contributed by atoms with Crippen LogP contribution in [-0.2, 0) is 4.79 Å². The molecule has 1 fully saturated rings. The molecule has 74 valence electrons. The number of nitrogens with zero attached hydrogens (tertiary/aromatic N) is 1. The summed E-state index contributed by atoms with van der Waals surface area (Å²) in [7, 11) is 1.85. The van der Waals surface area contributed by atoms with Crippen molar-refractivity contribution in [3.05, 3.63) is 29.8 Å². The number of hydrogen-bond donors (Lipinski definition) is 1. The Kier molecular flexibility index (Phi) is 2.15. The van der Waals surface area contributed by atoms with Crippen LogP contribution < -0.4 is 5.73 Å². The Morgan fingerprint density at radius 3 is 2.50 bits per heavy atom. The van der Waals surface area contributed by atoms with Gasteiger partial charge < -0.3 is 10.6 Å². The highest BCUT2D eigenvalue weighted by Gasteiger charge is 2.29. The summed E-state index contributed by atoms with van der Waals surface area (Å²) in [6.45, 7) is 0.855. The molecule has 1 aliphatic rings. The molecule has 3 nitrogen and oxygen atoms in total. The van der Waals surface area contributed by atoms with Crippen LogP contribution >= 0.6 is 0 Å². The van der Waals surface area contributed by atoms with Crippen LogP contribution in [0.3, 0.4) is 0 Å². The maximum absolute atomic E-state index is 11.7. The van der Waals surface area contributed by atoms with Crippen LogP contribution in [0.5, 0.6) is 0 Å². The van der Waals surface area contributed by atoms with Crippen LogP contribution in [-0.4, -0.2) is 24.4 Å². The first-order chi connectivity index (χ1) is 6.68. The Balaban J connectivity index is 2.24. The number of carbonyl (C=O) groups is 1. The maximum Gasteiger partial charge on any atom is 0.229 e. The lowest BCUT2D eigenvalue weighted by Gasteiger charge is -2.10. The fraction of sp³-hybridized carbons (Fsp3) is 0.364. The van der Waals surface area contributed by atoms with Gasteiger partial charge in [0.25, 0.3) is 0 Å². The molecule has 1 aromatic carbocycles. The average molecular weight is 190 g/mol. The molecule has 3 heteroatoms. The van der Waals surface area contributed by atoms with Gasteiger partial charge in [-0.15, -0.1) is 0 Å². The Labute approximate surface area is 83.5 Å². The van der Waals surface area contributed by atoms with Gasteiger partial charge in [-0.3, -0.25) is 4.79 Å². The molecule has 0 saturated carbocycles. The van der Waals surface area contributed by atoms with Crippen LogP contribution in [0, 0.1) is 0 Å². The second kappa shape index (κ2) is 3.33. The predicted octanol–water partition coefficient (Wildman–Crippen LogP) is 1.21. The number of hydrogen-bond acceptors (Lipinski definition) is 2. The molecular weight excluding hydrogens is 176 g/mol. The van der Waals surface area contributed by atoms with Crippen molar-refractivity contribution in [1.82, 2.24) is 4.90 Å². The fourth-order valence-electron chi connectivity index (χ4n) is 1.86. The van der Waals surface area contributed by atoms with Crippen molar-refractivity contribution in [2.24, 2.45) is 0 Å². The van der Waals surface area contributed by atoms with Crippen LogP contribution in [0.1, 0.15) is 17.9 Å². The van der Waals surface area contributed by atoms with Crippen LogP contribution in [0.4, 0.5) is 5.69 Å². The molecule has 1 saturated heterocycles. The zero-order valence-corrected chi connectivity index (χ0v) is 8.23. The summed E-state index contributed by atoms with van der Waals surface area (Å²) in [6, 6.07) is 7.58. The van der Waals surface area contributed by atoms with E-state index in [4.69, 9.17) is 5.73 Å². The molecule has 14 heavy (non-hydrogen) atoms. The summed E-state index contributed by atoms with van der Waals surface area (Å²) in [4.78, 5) is 13.5. The number of likely N-dealkylation sites (tertiary alicyclic amines) is 1. The molecule has 1 unspecified atom stereocenters. The maximum atomic E-state index is 11.7. The number of nitrogen functional groups attached to an aromatic ring is 1. The van der Waals surface area contributed by atoms with Crippen molar-refractivity contribution >= 4 is 11.6 Å². The van der Waals surface area contributed by atoms with E-state index in [2.05, 4.69) is 0 Å². The molecule has 1 atom stereocenters. The van der Waals surface area contributed by atoms with Crippen molar-refractivity contribution in [2.45, 2.75) is 12.3 Å². The van der Waals surface area contributed by atoms with E-state index in [0.29, 0.717) is 0 Å². The molecule has 1 aromatic rings. The molecule has 2 rings (SSSR count). The van der Waals surface area contributed by atoms with Crippen LogP contribution in [0.25, 0.3) is 0 Å². The summed E-state index contributed by atoms with van der Waals surface area (Å²) in [5, 5.41) is 0. The van der Waals surface area contributed by atoms with Crippen molar-refractivity contribution in [3.8, 4) is 0 Å². The lowest BCUT2D eigenvalue weighted by Crippen LogP contribution is -2.21. The van der Waals surface area contributed by atoms with Gasteiger partial charge in [-0.05, 0) is 24.1 Å². The van der Waals surface area contributed by atoms with Gasteiger partial charge in [-0.25, -0.2) is 0 Å². The normalized spacial score (nSPS) is 21.6. The molecule has 2 N–H and O–H groups in total. The minimum atomic E-state index is 0.0422. The second-order valence-corrected chi connectivity index (χ2v) is 3.77. The number of anilines is 1. The van der Waals surface area contributed by atoms with Crippen molar-refractivity contribution in [3.63, 3.8) is 0 Å². The third-order valence-electron chi connectivity index (χ3n) is 2.77. The number of carbonyl (C=O) groups excluding carboxylic acids is 1. The number of likely N-dealkylation sites (N-methyl/N-ethyl adjacent to an activating group) is 1.